The first-order valence-electron chi connectivity index (χ1n) is 13.4. The van der Waals surface area contributed by atoms with E-state index in [-0.39, 0.29) is 5.41 Å². The van der Waals surface area contributed by atoms with E-state index in [9.17, 15) is 4.79 Å². The van der Waals surface area contributed by atoms with Crippen molar-refractivity contribution in [3.05, 3.63) is 11.6 Å². The molecule has 1 heteroatoms. The smallest absolute Gasteiger partial charge is 0.138 e. The Bertz CT molecular complexity index is 831. The van der Waals surface area contributed by atoms with Crippen LogP contribution in [0.5, 0.6) is 0 Å². The summed E-state index contributed by atoms with van der Waals surface area (Å²) >= 11 is 0. The molecule has 5 aliphatic carbocycles. The summed E-state index contributed by atoms with van der Waals surface area (Å²) in [5.74, 6) is 2.58. The fourth-order valence-electron chi connectivity index (χ4n) is 10.3. The van der Waals surface area contributed by atoms with Crippen LogP contribution in [0.25, 0.3) is 0 Å². The molecule has 0 heterocycles. The Morgan fingerprint density at radius 3 is 2.19 bits per heavy atom. The quantitative estimate of drug-likeness (QED) is 0.357. The summed E-state index contributed by atoms with van der Waals surface area (Å²) in [7, 11) is 0. The van der Waals surface area contributed by atoms with Gasteiger partial charge in [-0.05, 0) is 103 Å². The van der Waals surface area contributed by atoms with Crippen LogP contribution in [0.3, 0.4) is 0 Å². The molecule has 0 aromatic rings. The van der Waals surface area contributed by atoms with Gasteiger partial charge in [0.2, 0.25) is 0 Å². The molecule has 0 aliphatic heterocycles. The lowest BCUT2D eigenvalue weighted by molar-refractivity contribution is -0.184. The Labute approximate surface area is 192 Å². The zero-order valence-electron chi connectivity index (χ0n) is 21.8. The Balaban J connectivity index is 1.58. The molecule has 4 saturated carbocycles. The first-order valence-corrected chi connectivity index (χ1v) is 13.4. The lowest BCUT2D eigenvalue weighted by Crippen LogP contribution is -2.64. The van der Waals surface area contributed by atoms with Crippen molar-refractivity contribution in [2.75, 3.05) is 0 Å². The lowest BCUT2D eigenvalue weighted by atomic mass is 9.34. The van der Waals surface area contributed by atoms with Crippen LogP contribution in [0.15, 0.2) is 11.6 Å². The maximum atomic E-state index is 12.9. The van der Waals surface area contributed by atoms with E-state index in [0.29, 0.717) is 38.8 Å². The third-order valence-electron chi connectivity index (χ3n) is 12.8. The fourth-order valence-corrected chi connectivity index (χ4v) is 10.3. The van der Waals surface area contributed by atoms with Crippen LogP contribution >= 0.6 is 0 Å². The van der Waals surface area contributed by atoms with Gasteiger partial charge in [-0.25, -0.2) is 0 Å². The number of rotatable bonds is 0. The van der Waals surface area contributed by atoms with Gasteiger partial charge in [0.15, 0.2) is 0 Å². The van der Waals surface area contributed by atoms with Crippen LogP contribution < -0.4 is 0 Å². The number of Topliss-reactive ketones (excluding diaryl/α,β-unsaturated/α-hetero) is 1. The molecule has 0 amide bonds. The molecule has 0 saturated heterocycles. The van der Waals surface area contributed by atoms with E-state index in [1.807, 2.05) is 5.57 Å². The minimum Gasteiger partial charge on any atom is -0.299 e. The van der Waals surface area contributed by atoms with Crippen LogP contribution in [0, 0.1) is 50.2 Å². The van der Waals surface area contributed by atoms with Crippen molar-refractivity contribution >= 4 is 5.78 Å². The topological polar surface area (TPSA) is 17.1 Å². The number of fused-ring (bicyclic) bond motifs is 7. The highest BCUT2D eigenvalue weighted by molar-refractivity contribution is 5.85. The average molecular weight is 425 g/mol. The number of carbonyl (C=O) groups excluding carboxylic acids is 1. The average Bonchev–Trinajstić information content (AvgIpc) is 2.67. The van der Waals surface area contributed by atoms with Gasteiger partial charge in [-0.2, -0.15) is 0 Å². The van der Waals surface area contributed by atoms with Crippen molar-refractivity contribution in [1.29, 1.82) is 0 Å². The van der Waals surface area contributed by atoms with Crippen molar-refractivity contribution in [2.45, 2.75) is 120 Å². The molecule has 1 nitrogen and oxygen atoms in total. The van der Waals surface area contributed by atoms with E-state index in [1.165, 1.54) is 51.4 Å². The summed E-state index contributed by atoms with van der Waals surface area (Å²) in [6.45, 7) is 20.1. The van der Waals surface area contributed by atoms with Crippen LogP contribution in [0.1, 0.15) is 120 Å². The van der Waals surface area contributed by atoms with Gasteiger partial charge in [0, 0.05) is 11.8 Å². The SMILES string of the molecule is CC1(C)CC[C@]2(C)CC[C@@]3(C)C(=CC[C@@H]4[C@@]5(C)CCC(=O)C(C)(C)[C@H]5CC[C@]43C)[C@@H]2C1. The van der Waals surface area contributed by atoms with Crippen LogP contribution in [0.4, 0.5) is 0 Å². The molecule has 174 valence electrons. The van der Waals surface area contributed by atoms with Gasteiger partial charge in [-0.3, -0.25) is 4.79 Å². The normalized spacial score (nSPS) is 52.8. The molecule has 0 aromatic carbocycles. The summed E-state index contributed by atoms with van der Waals surface area (Å²) in [6, 6.07) is 0. The molecule has 0 radical (unpaired) electrons. The van der Waals surface area contributed by atoms with Gasteiger partial charge < -0.3 is 0 Å². The van der Waals surface area contributed by atoms with Gasteiger partial charge in [0.25, 0.3) is 0 Å². The minimum atomic E-state index is -0.141. The number of carbonyl (C=O) groups is 1. The highest BCUT2D eigenvalue weighted by Crippen LogP contribution is 2.75. The molecular formula is C30H48O. The molecule has 7 atom stereocenters. The summed E-state index contributed by atoms with van der Waals surface area (Å²) in [4.78, 5) is 12.9. The molecule has 0 unspecified atom stereocenters. The van der Waals surface area contributed by atoms with E-state index in [1.54, 1.807) is 0 Å². The van der Waals surface area contributed by atoms with Crippen LogP contribution in [-0.4, -0.2) is 5.78 Å². The number of hydrogen-bond acceptors (Lipinski definition) is 1. The van der Waals surface area contributed by atoms with E-state index >= 15 is 0 Å². The van der Waals surface area contributed by atoms with Gasteiger partial charge in [0.1, 0.15) is 5.78 Å². The molecule has 5 rings (SSSR count). The van der Waals surface area contributed by atoms with Gasteiger partial charge in [-0.1, -0.05) is 67.0 Å². The lowest BCUT2D eigenvalue weighted by Gasteiger charge is -2.70. The summed E-state index contributed by atoms with van der Waals surface area (Å²) in [5, 5.41) is 0. The molecule has 0 spiro atoms. The molecular weight excluding hydrogens is 376 g/mol. The van der Waals surface area contributed by atoms with Crippen LogP contribution in [0.2, 0.25) is 0 Å². The van der Waals surface area contributed by atoms with Crippen molar-refractivity contribution in [3.63, 3.8) is 0 Å². The number of allylic oxidation sites excluding steroid dienone is 2. The first-order chi connectivity index (χ1) is 14.2. The fraction of sp³-hybridized carbons (Fsp3) is 0.900. The third-order valence-corrected chi connectivity index (χ3v) is 12.8. The standard InChI is InChI=1S/C30H48O/c1-25(2)15-16-27(5)17-18-29(7)20(21(27)19-25)9-10-23-28(6)13-12-24(31)26(3,4)22(28)11-14-30(23,29)8/h9,21-23H,10-19H2,1-8H3/t21-,22+,23+,27+,28-,29-,30+/m0/s1. The second-order valence-corrected chi connectivity index (χ2v) is 15.0. The number of hydrogen-bond donors (Lipinski definition) is 0. The Morgan fingerprint density at radius 1 is 0.806 bits per heavy atom. The number of ketones is 1. The summed E-state index contributed by atoms with van der Waals surface area (Å²) in [5.41, 5.74) is 3.75. The largest absolute Gasteiger partial charge is 0.299 e. The monoisotopic (exact) mass is 424 g/mol. The molecule has 31 heavy (non-hydrogen) atoms. The van der Waals surface area contributed by atoms with E-state index < -0.39 is 0 Å². The first kappa shape index (κ1) is 22.2. The van der Waals surface area contributed by atoms with Crippen molar-refractivity contribution in [2.24, 2.45) is 50.2 Å². The van der Waals surface area contributed by atoms with E-state index in [2.05, 4.69) is 61.5 Å². The van der Waals surface area contributed by atoms with Gasteiger partial charge >= 0.3 is 0 Å². The highest BCUT2D eigenvalue weighted by atomic mass is 16.1. The summed E-state index contributed by atoms with van der Waals surface area (Å²) in [6.07, 6.45) is 15.5. The molecule has 4 fully saturated rings. The second-order valence-electron chi connectivity index (χ2n) is 15.0. The predicted octanol–water partition coefficient (Wildman–Crippen LogP) is 8.38. The maximum absolute atomic E-state index is 12.9. The molecule has 5 aliphatic rings. The Morgan fingerprint density at radius 2 is 1.48 bits per heavy atom. The second kappa shape index (κ2) is 6.29. The summed E-state index contributed by atoms with van der Waals surface area (Å²) < 4.78 is 0. The van der Waals surface area contributed by atoms with Crippen molar-refractivity contribution < 1.29 is 4.79 Å². The van der Waals surface area contributed by atoms with Gasteiger partial charge in [0.05, 0.1) is 0 Å². The van der Waals surface area contributed by atoms with Crippen molar-refractivity contribution in [1.82, 2.24) is 0 Å². The molecule has 0 N–H and O–H groups in total. The highest BCUT2D eigenvalue weighted by Gasteiger charge is 2.67. The zero-order chi connectivity index (χ0) is 22.7. The van der Waals surface area contributed by atoms with Crippen LogP contribution in [-0.2, 0) is 4.79 Å². The van der Waals surface area contributed by atoms with Crippen molar-refractivity contribution in [3.8, 4) is 0 Å². The minimum absolute atomic E-state index is 0.141. The Hall–Kier alpha value is -0.590. The molecule has 0 bridgehead atoms. The predicted molar refractivity (Wildman–Crippen MR) is 130 cm³/mol. The van der Waals surface area contributed by atoms with Gasteiger partial charge in [-0.15, -0.1) is 0 Å². The van der Waals surface area contributed by atoms with E-state index in [4.69, 9.17) is 0 Å². The third kappa shape index (κ3) is 2.70. The van der Waals surface area contributed by atoms with E-state index in [0.717, 1.165) is 24.7 Å². The molecule has 0 aromatic heterocycles. The maximum Gasteiger partial charge on any atom is 0.138 e. The Kier molecular flexibility index (Phi) is 4.51. The zero-order valence-corrected chi connectivity index (χ0v) is 21.8.